The standard InChI is InChI=1S/C24H24ClF3N2O5S/c25-13-1-2-19-15(5-13)18(31)6-20(33-19)21(32)29-16-9-23(7-12(16)8-23)35-22-30-17(10-36-22)11-3-14(4-11)34-24(26,27)28/h1-2,5,10-12,14,16,18,20,31H,3-4,6-9H2,(H,29,32)/t11-,12?,14+,16?,18-,20-,23?/m1/s1. The number of aliphatic hydroxyl groups is 1. The molecule has 1 amide bonds. The van der Waals surface area contributed by atoms with Gasteiger partial charge in [-0.1, -0.05) is 22.9 Å². The van der Waals surface area contributed by atoms with Gasteiger partial charge in [-0.3, -0.25) is 9.53 Å². The Hall–Kier alpha value is -2.08. The molecular formula is C24H24ClF3N2O5S. The molecule has 194 valence electrons. The first-order chi connectivity index (χ1) is 17.1. The molecule has 4 saturated carbocycles. The van der Waals surface area contributed by atoms with Gasteiger partial charge in [0, 0.05) is 40.8 Å². The zero-order chi connectivity index (χ0) is 25.2. The predicted octanol–water partition coefficient (Wildman–Crippen LogP) is 4.88. The van der Waals surface area contributed by atoms with Crippen LogP contribution in [0.15, 0.2) is 23.6 Å². The largest absolute Gasteiger partial charge is 0.522 e. The van der Waals surface area contributed by atoms with Gasteiger partial charge in [0.05, 0.1) is 17.9 Å². The summed E-state index contributed by atoms with van der Waals surface area (Å²) in [7, 11) is 0. The van der Waals surface area contributed by atoms with Crippen molar-refractivity contribution >= 4 is 28.8 Å². The number of alkyl halides is 3. The molecule has 2 heterocycles. The second kappa shape index (κ2) is 8.75. The zero-order valence-electron chi connectivity index (χ0n) is 19.0. The van der Waals surface area contributed by atoms with Crippen LogP contribution in [-0.4, -0.2) is 46.2 Å². The third-order valence-electron chi connectivity index (χ3n) is 7.70. The molecule has 0 spiro atoms. The number of halogens is 4. The highest BCUT2D eigenvalue weighted by Crippen LogP contribution is 2.55. The van der Waals surface area contributed by atoms with E-state index in [0.29, 0.717) is 46.7 Å². The monoisotopic (exact) mass is 544 g/mol. The van der Waals surface area contributed by atoms with Crippen LogP contribution < -0.4 is 14.8 Å². The highest BCUT2D eigenvalue weighted by molar-refractivity contribution is 7.11. The number of thiazole rings is 1. The van der Waals surface area contributed by atoms with E-state index in [1.807, 2.05) is 5.38 Å². The molecule has 2 N–H and O–H groups in total. The maximum atomic E-state index is 12.9. The van der Waals surface area contributed by atoms with E-state index in [0.717, 1.165) is 18.5 Å². The van der Waals surface area contributed by atoms with Gasteiger partial charge in [-0.2, -0.15) is 0 Å². The summed E-state index contributed by atoms with van der Waals surface area (Å²) < 4.78 is 53.1. The van der Waals surface area contributed by atoms with Crippen molar-refractivity contribution in [3.8, 4) is 10.9 Å². The number of nitrogens with zero attached hydrogens (tertiary/aromatic N) is 1. The minimum atomic E-state index is -4.61. The maximum absolute atomic E-state index is 12.9. The van der Waals surface area contributed by atoms with Crippen molar-refractivity contribution in [2.45, 2.75) is 80.8 Å². The average Bonchev–Trinajstić information content (AvgIpc) is 3.43. The first kappa shape index (κ1) is 24.3. The van der Waals surface area contributed by atoms with Crippen LogP contribution in [0.3, 0.4) is 0 Å². The van der Waals surface area contributed by atoms with Crippen LogP contribution in [0.1, 0.15) is 61.8 Å². The molecule has 4 fully saturated rings. The number of carbonyl (C=O) groups excluding carboxylic acids is 1. The molecule has 7 nitrogen and oxygen atoms in total. The Balaban J connectivity index is 1.01. The van der Waals surface area contributed by atoms with Gasteiger partial charge in [0.1, 0.15) is 11.4 Å². The topological polar surface area (TPSA) is 89.9 Å². The Labute approximate surface area is 213 Å². The fourth-order valence-electron chi connectivity index (χ4n) is 5.84. The molecule has 1 aliphatic heterocycles. The minimum absolute atomic E-state index is 0.0554. The smallest absolute Gasteiger partial charge is 0.480 e. The summed E-state index contributed by atoms with van der Waals surface area (Å²) in [5.74, 6) is 0.427. The first-order valence-corrected chi connectivity index (χ1v) is 13.2. The van der Waals surface area contributed by atoms with E-state index in [1.54, 1.807) is 18.2 Å². The molecule has 7 rings (SSSR count). The summed E-state index contributed by atoms with van der Waals surface area (Å²) in [6, 6.07) is 4.90. The third kappa shape index (κ3) is 4.66. The number of rotatable bonds is 6. The number of hydrogen-bond donors (Lipinski definition) is 2. The van der Waals surface area contributed by atoms with Gasteiger partial charge in [-0.05, 0) is 49.8 Å². The lowest BCUT2D eigenvalue weighted by molar-refractivity contribution is -0.351. The van der Waals surface area contributed by atoms with Crippen molar-refractivity contribution in [2.24, 2.45) is 5.92 Å². The lowest BCUT2D eigenvalue weighted by atomic mass is 9.79. The van der Waals surface area contributed by atoms with Crippen LogP contribution in [0.25, 0.3) is 0 Å². The summed E-state index contributed by atoms with van der Waals surface area (Å²) in [6.45, 7) is 0. The normalized spacial score (nSPS) is 34.7. The number of ether oxygens (including phenoxy) is 3. The van der Waals surface area contributed by atoms with Crippen LogP contribution in [0.5, 0.6) is 10.9 Å². The number of amides is 1. The Morgan fingerprint density at radius 1 is 1.25 bits per heavy atom. The maximum Gasteiger partial charge on any atom is 0.522 e. The Morgan fingerprint density at radius 3 is 2.78 bits per heavy atom. The molecule has 2 bridgehead atoms. The van der Waals surface area contributed by atoms with Gasteiger partial charge in [-0.15, -0.1) is 13.2 Å². The van der Waals surface area contributed by atoms with E-state index in [-0.39, 0.29) is 24.3 Å². The minimum Gasteiger partial charge on any atom is -0.480 e. The average molecular weight is 545 g/mol. The lowest BCUT2D eigenvalue weighted by Crippen LogP contribution is -2.46. The molecular weight excluding hydrogens is 521 g/mol. The molecule has 1 unspecified atom stereocenters. The molecule has 4 aliphatic carbocycles. The number of nitrogens with one attached hydrogen (secondary N) is 1. The van der Waals surface area contributed by atoms with E-state index in [2.05, 4.69) is 15.0 Å². The number of aromatic nitrogens is 1. The molecule has 1 aromatic heterocycles. The molecule has 5 aliphatic rings. The summed E-state index contributed by atoms with van der Waals surface area (Å²) in [5, 5.41) is 16.4. The highest BCUT2D eigenvalue weighted by Gasteiger charge is 2.59. The van der Waals surface area contributed by atoms with Crippen LogP contribution in [0.4, 0.5) is 13.2 Å². The third-order valence-corrected chi connectivity index (χ3v) is 8.68. The fraction of sp³-hybridized carbons (Fsp3) is 0.583. The van der Waals surface area contributed by atoms with Gasteiger partial charge in [0.15, 0.2) is 6.10 Å². The first-order valence-electron chi connectivity index (χ1n) is 11.9. The van der Waals surface area contributed by atoms with Crippen LogP contribution in [0, 0.1) is 5.92 Å². The van der Waals surface area contributed by atoms with Crippen LogP contribution in [0.2, 0.25) is 5.02 Å². The van der Waals surface area contributed by atoms with Crippen molar-refractivity contribution in [1.82, 2.24) is 10.3 Å². The van der Waals surface area contributed by atoms with Crippen molar-refractivity contribution in [1.29, 1.82) is 0 Å². The summed E-state index contributed by atoms with van der Waals surface area (Å²) in [4.78, 5) is 17.4. The van der Waals surface area contributed by atoms with Gasteiger partial charge in [0.25, 0.3) is 11.1 Å². The number of carbonyl (C=O) groups is 1. The lowest BCUT2D eigenvalue weighted by Gasteiger charge is -2.37. The van der Waals surface area contributed by atoms with Crippen molar-refractivity contribution in [3.05, 3.63) is 39.9 Å². The van der Waals surface area contributed by atoms with Gasteiger partial charge >= 0.3 is 6.36 Å². The number of benzene rings is 1. The zero-order valence-corrected chi connectivity index (χ0v) is 20.5. The molecule has 3 atom stereocenters. The van der Waals surface area contributed by atoms with Gasteiger partial charge in [0.2, 0.25) is 0 Å². The van der Waals surface area contributed by atoms with Gasteiger partial charge in [-0.25, -0.2) is 4.98 Å². The molecule has 2 aromatic rings. The predicted molar refractivity (Wildman–Crippen MR) is 123 cm³/mol. The number of fused-ring (bicyclic) bond motifs is 2. The summed E-state index contributed by atoms with van der Waals surface area (Å²) >= 11 is 7.34. The number of hydrogen-bond acceptors (Lipinski definition) is 7. The molecule has 0 radical (unpaired) electrons. The van der Waals surface area contributed by atoms with Crippen LogP contribution in [-0.2, 0) is 9.53 Å². The summed E-state index contributed by atoms with van der Waals surface area (Å²) in [5.41, 5.74) is 0.923. The fourth-order valence-corrected chi connectivity index (χ4v) is 6.87. The van der Waals surface area contributed by atoms with Gasteiger partial charge < -0.3 is 19.9 Å². The quantitative estimate of drug-likeness (QED) is 0.539. The van der Waals surface area contributed by atoms with E-state index >= 15 is 0 Å². The van der Waals surface area contributed by atoms with Crippen molar-refractivity contribution < 1.29 is 37.3 Å². The summed E-state index contributed by atoms with van der Waals surface area (Å²) in [6.07, 6.45) is -4.08. The Kier molecular flexibility index (Phi) is 5.90. The van der Waals surface area contributed by atoms with E-state index in [4.69, 9.17) is 21.1 Å². The van der Waals surface area contributed by atoms with E-state index in [1.165, 1.54) is 11.3 Å². The highest BCUT2D eigenvalue weighted by atomic mass is 35.5. The number of aliphatic hydroxyl groups excluding tert-OH is 1. The second-order valence-corrected chi connectivity index (χ2v) is 11.5. The van der Waals surface area contributed by atoms with E-state index in [9.17, 15) is 23.1 Å². The second-order valence-electron chi connectivity index (χ2n) is 10.2. The Morgan fingerprint density at radius 2 is 2.03 bits per heavy atom. The molecule has 1 aromatic carbocycles. The SMILES string of the molecule is O=C(NC1CC2(Oc3nc([C@H]4C[C@@H](OC(F)(F)F)C4)cs3)CC1C2)[C@H]1C[C@@H](O)c2cc(Cl)ccc2O1. The molecule has 12 heteroatoms. The molecule has 36 heavy (non-hydrogen) atoms. The molecule has 0 saturated heterocycles. The van der Waals surface area contributed by atoms with E-state index < -0.39 is 30.3 Å². The van der Waals surface area contributed by atoms with Crippen LogP contribution >= 0.6 is 22.9 Å². The Bertz CT molecular complexity index is 1160. The van der Waals surface area contributed by atoms with Crippen molar-refractivity contribution in [2.75, 3.05) is 0 Å². The van der Waals surface area contributed by atoms with Crippen molar-refractivity contribution in [3.63, 3.8) is 0 Å².